The number of benzene rings is 2. The maximum atomic E-state index is 6.14. The molecular weight excluding hydrogens is 350 g/mol. The van der Waals surface area contributed by atoms with Crippen LogP contribution in [0.25, 0.3) is 22.4 Å². The van der Waals surface area contributed by atoms with Crippen LogP contribution in [0.1, 0.15) is 19.9 Å². The van der Waals surface area contributed by atoms with Crippen molar-refractivity contribution in [3.05, 3.63) is 45.9 Å². The molecule has 3 aromatic rings. The van der Waals surface area contributed by atoms with Crippen molar-refractivity contribution in [2.75, 3.05) is 5.73 Å². The SMILES string of the molecule is CC(C)n1c(-c2cc(N)ccc2Br)nc2ccc(Cl)cc21. The Morgan fingerprint density at radius 2 is 1.95 bits per heavy atom. The molecule has 0 aliphatic heterocycles. The number of nitrogens with two attached hydrogens (primary N) is 1. The van der Waals surface area contributed by atoms with Gasteiger partial charge in [0.15, 0.2) is 0 Å². The number of nitrogen functional groups attached to an aromatic ring is 1. The largest absolute Gasteiger partial charge is 0.399 e. The predicted octanol–water partition coefficient (Wildman–Crippen LogP) is 5.28. The van der Waals surface area contributed by atoms with E-state index in [-0.39, 0.29) is 6.04 Å². The van der Waals surface area contributed by atoms with Crippen LogP contribution in [0.15, 0.2) is 40.9 Å². The molecule has 2 N–H and O–H groups in total. The van der Waals surface area contributed by atoms with Crippen molar-refractivity contribution in [2.45, 2.75) is 19.9 Å². The molecule has 0 saturated carbocycles. The molecule has 0 fully saturated rings. The third-order valence-electron chi connectivity index (χ3n) is 3.40. The predicted molar refractivity (Wildman–Crippen MR) is 92.7 cm³/mol. The summed E-state index contributed by atoms with van der Waals surface area (Å²) in [6.07, 6.45) is 0. The Hall–Kier alpha value is -1.52. The van der Waals surface area contributed by atoms with Gasteiger partial charge in [0.25, 0.3) is 0 Å². The lowest BCUT2D eigenvalue weighted by atomic mass is 10.2. The zero-order valence-electron chi connectivity index (χ0n) is 11.8. The summed E-state index contributed by atoms with van der Waals surface area (Å²) in [7, 11) is 0. The number of aromatic nitrogens is 2. The number of hydrogen-bond acceptors (Lipinski definition) is 2. The number of imidazole rings is 1. The molecule has 108 valence electrons. The first-order chi connectivity index (χ1) is 9.97. The summed E-state index contributed by atoms with van der Waals surface area (Å²) in [5, 5.41) is 0.711. The Kier molecular flexibility index (Phi) is 3.68. The van der Waals surface area contributed by atoms with E-state index in [0.717, 1.165) is 26.9 Å². The van der Waals surface area contributed by atoms with Crippen LogP contribution in [-0.4, -0.2) is 9.55 Å². The van der Waals surface area contributed by atoms with Crippen LogP contribution in [-0.2, 0) is 0 Å². The molecule has 0 unspecified atom stereocenters. The number of fused-ring (bicyclic) bond motifs is 1. The Bertz CT molecular complexity index is 824. The first-order valence-corrected chi connectivity index (χ1v) is 7.87. The van der Waals surface area contributed by atoms with E-state index in [1.165, 1.54) is 0 Å². The quantitative estimate of drug-likeness (QED) is 0.628. The molecule has 0 radical (unpaired) electrons. The van der Waals surface area contributed by atoms with Crippen molar-refractivity contribution in [1.29, 1.82) is 0 Å². The van der Waals surface area contributed by atoms with Crippen LogP contribution < -0.4 is 5.73 Å². The highest BCUT2D eigenvalue weighted by Gasteiger charge is 2.17. The molecule has 0 atom stereocenters. The molecule has 1 aromatic heterocycles. The summed E-state index contributed by atoms with van der Waals surface area (Å²) >= 11 is 9.72. The fourth-order valence-corrected chi connectivity index (χ4v) is 3.08. The Morgan fingerprint density at radius 3 is 2.67 bits per heavy atom. The molecule has 3 rings (SSSR count). The smallest absolute Gasteiger partial charge is 0.142 e. The molecular formula is C16H15BrClN3. The lowest BCUT2D eigenvalue weighted by Gasteiger charge is -2.14. The lowest BCUT2D eigenvalue weighted by molar-refractivity contribution is 0.624. The van der Waals surface area contributed by atoms with E-state index in [9.17, 15) is 0 Å². The number of hydrogen-bond donors (Lipinski definition) is 1. The highest BCUT2D eigenvalue weighted by molar-refractivity contribution is 9.10. The lowest BCUT2D eigenvalue weighted by Crippen LogP contribution is -2.03. The molecule has 5 heteroatoms. The Balaban J connectivity index is 2.36. The zero-order chi connectivity index (χ0) is 15.1. The fourth-order valence-electron chi connectivity index (χ4n) is 2.49. The minimum Gasteiger partial charge on any atom is -0.399 e. The van der Waals surface area contributed by atoms with E-state index in [2.05, 4.69) is 34.3 Å². The standard InChI is InChI=1S/C16H15BrClN3/c1-9(2)21-15-7-10(18)3-6-14(15)20-16(21)12-8-11(19)4-5-13(12)17/h3-9H,19H2,1-2H3. The van der Waals surface area contributed by atoms with E-state index in [1.807, 2.05) is 36.4 Å². The molecule has 0 saturated heterocycles. The number of anilines is 1. The van der Waals surface area contributed by atoms with Gasteiger partial charge in [-0.1, -0.05) is 27.5 Å². The van der Waals surface area contributed by atoms with Crippen LogP contribution in [0.4, 0.5) is 5.69 Å². The van der Waals surface area contributed by atoms with Crippen molar-refractivity contribution in [1.82, 2.24) is 9.55 Å². The molecule has 0 spiro atoms. The molecule has 0 aliphatic rings. The van der Waals surface area contributed by atoms with E-state index in [4.69, 9.17) is 22.3 Å². The summed E-state index contributed by atoms with van der Waals surface area (Å²) in [6.45, 7) is 4.26. The first-order valence-electron chi connectivity index (χ1n) is 6.70. The van der Waals surface area contributed by atoms with Crippen molar-refractivity contribution >= 4 is 44.3 Å². The molecule has 0 bridgehead atoms. The average molecular weight is 365 g/mol. The summed E-state index contributed by atoms with van der Waals surface area (Å²) in [4.78, 5) is 4.77. The van der Waals surface area contributed by atoms with Gasteiger partial charge in [0.2, 0.25) is 0 Å². The molecule has 0 aliphatic carbocycles. The van der Waals surface area contributed by atoms with Crippen molar-refractivity contribution in [2.24, 2.45) is 0 Å². The normalized spacial score (nSPS) is 11.5. The Morgan fingerprint density at radius 1 is 1.19 bits per heavy atom. The molecule has 0 amide bonds. The number of rotatable bonds is 2. The molecule has 3 nitrogen and oxygen atoms in total. The van der Waals surface area contributed by atoms with Crippen molar-refractivity contribution < 1.29 is 0 Å². The third kappa shape index (κ3) is 2.54. The number of halogens is 2. The molecule has 21 heavy (non-hydrogen) atoms. The van der Waals surface area contributed by atoms with Crippen LogP contribution in [0.3, 0.4) is 0 Å². The maximum Gasteiger partial charge on any atom is 0.142 e. The van der Waals surface area contributed by atoms with Crippen LogP contribution >= 0.6 is 27.5 Å². The average Bonchev–Trinajstić information content (AvgIpc) is 2.79. The van der Waals surface area contributed by atoms with Gasteiger partial charge in [0.05, 0.1) is 11.0 Å². The van der Waals surface area contributed by atoms with Gasteiger partial charge in [-0.2, -0.15) is 0 Å². The second-order valence-electron chi connectivity index (χ2n) is 5.27. The highest BCUT2D eigenvalue weighted by atomic mass is 79.9. The van der Waals surface area contributed by atoms with Gasteiger partial charge in [-0.25, -0.2) is 4.98 Å². The van der Waals surface area contributed by atoms with E-state index < -0.39 is 0 Å². The summed E-state index contributed by atoms with van der Waals surface area (Å²) < 4.78 is 3.15. The molecule has 2 aromatic carbocycles. The van der Waals surface area contributed by atoms with E-state index in [1.54, 1.807) is 0 Å². The fraction of sp³-hybridized carbons (Fsp3) is 0.188. The summed E-state index contributed by atoms with van der Waals surface area (Å²) in [5.41, 5.74) is 9.59. The maximum absolute atomic E-state index is 6.14. The second-order valence-corrected chi connectivity index (χ2v) is 6.56. The van der Waals surface area contributed by atoms with Gasteiger partial charge in [-0.15, -0.1) is 0 Å². The van der Waals surface area contributed by atoms with Gasteiger partial charge in [-0.05, 0) is 50.2 Å². The number of nitrogens with zero attached hydrogens (tertiary/aromatic N) is 2. The minimum atomic E-state index is 0.261. The summed E-state index contributed by atoms with van der Waals surface area (Å²) in [6, 6.07) is 11.8. The zero-order valence-corrected chi connectivity index (χ0v) is 14.1. The van der Waals surface area contributed by atoms with Crippen molar-refractivity contribution in [3.63, 3.8) is 0 Å². The van der Waals surface area contributed by atoms with Crippen LogP contribution in [0, 0.1) is 0 Å². The first kappa shape index (κ1) is 14.4. The van der Waals surface area contributed by atoms with Gasteiger partial charge < -0.3 is 10.3 Å². The molecule has 1 heterocycles. The van der Waals surface area contributed by atoms with Gasteiger partial charge in [0, 0.05) is 26.8 Å². The van der Waals surface area contributed by atoms with Gasteiger partial charge in [-0.3, -0.25) is 0 Å². The topological polar surface area (TPSA) is 43.8 Å². The van der Waals surface area contributed by atoms with Crippen LogP contribution in [0.2, 0.25) is 5.02 Å². The third-order valence-corrected chi connectivity index (χ3v) is 4.33. The monoisotopic (exact) mass is 363 g/mol. The van der Waals surface area contributed by atoms with Crippen LogP contribution in [0.5, 0.6) is 0 Å². The van der Waals surface area contributed by atoms with E-state index >= 15 is 0 Å². The second kappa shape index (κ2) is 5.35. The highest BCUT2D eigenvalue weighted by Crippen LogP contribution is 2.34. The summed E-state index contributed by atoms with van der Waals surface area (Å²) in [5.74, 6) is 0.890. The van der Waals surface area contributed by atoms with E-state index in [0.29, 0.717) is 10.7 Å². The van der Waals surface area contributed by atoms with Gasteiger partial charge >= 0.3 is 0 Å². The minimum absolute atomic E-state index is 0.261. The Labute approximate surface area is 136 Å². The van der Waals surface area contributed by atoms with Crippen molar-refractivity contribution in [3.8, 4) is 11.4 Å². The van der Waals surface area contributed by atoms with Gasteiger partial charge in [0.1, 0.15) is 5.82 Å².